The first kappa shape index (κ1) is 12.4. The summed E-state index contributed by atoms with van der Waals surface area (Å²) in [5, 5.41) is 1.39. The molecular formula is C13H15ClN2S. The van der Waals surface area contributed by atoms with E-state index in [1.54, 1.807) is 0 Å². The van der Waals surface area contributed by atoms with Crippen molar-refractivity contribution in [3.05, 3.63) is 34.5 Å². The van der Waals surface area contributed by atoms with Crippen LogP contribution in [0.5, 0.6) is 0 Å². The van der Waals surface area contributed by atoms with E-state index in [1.807, 2.05) is 19.1 Å². The third kappa shape index (κ3) is 2.45. The molecule has 0 aliphatic carbocycles. The van der Waals surface area contributed by atoms with Crippen molar-refractivity contribution in [2.24, 2.45) is 0 Å². The van der Waals surface area contributed by atoms with Crippen LogP contribution in [0.25, 0.3) is 10.4 Å². The van der Waals surface area contributed by atoms with Crippen LogP contribution >= 0.6 is 22.9 Å². The van der Waals surface area contributed by atoms with Crippen LogP contribution in [0.4, 0.5) is 5.13 Å². The van der Waals surface area contributed by atoms with Crippen LogP contribution in [0.3, 0.4) is 0 Å². The van der Waals surface area contributed by atoms with Crippen LogP contribution in [-0.4, -0.2) is 4.98 Å². The van der Waals surface area contributed by atoms with Crippen LogP contribution in [0.2, 0.25) is 5.02 Å². The molecular weight excluding hydrogens is 252 g/mol. The minimum absolute atomic E-state index is 0.360. The first-order valence-electron chi connectivity index (χ1n) is 5.51. The number of hydrogen-bond acceptors (Lipinski definition) is 3. The summed E-state index contributed by atoms with van der Waals surface area (Å²) in [5.41, 5.74) is 9.02. The van der Waals surface area contributed by atoms with Crippen LogP contribution < -0.4 is 5.73 Å². The summed E-state index contributed by atoms with van der Waals surface area (Å²) in [5.74, 6) is 0.360. The summed E-state index contributed by atoms with van der Waals surface area (Å²) in [6.07, 6.45) is 0. The van der Waals surface area contributed by atoms with Crippen molar-refractivity contribution in [1.82, 2.24) is 4.98 Å². The molecule has 0 spiro atoms. The van der Waals surface area contributed by atoms with Gasteiger partial charge in [0.25, 0.3) is 0 Å². The molecule has 90 valence electrons. The molecule has 1 aromatic carbocycles. The molecule has 1 aromatic heterocycles. The fraction of sp³-hybridized carbons (Fsp3) is 0.308. The normalized spacial score (nSPS) is 11.1. The Hall–Kier alpha value is -1.06. The van der Waals surface area contributed by atoms with E-state index in [0.29, 0.717) is 11.0 Å². The SMILES string of the molecule is Cc1ccc(-c2sc(N)nc2C(C)C)cc1Cl. The Labute approximate surface area is 110 Å². The molecule has 0 radical (unpaired) electrons. The van der Waals surface area contributed by atoms with E-state index in [1.165, 1.54) is 11.3 Å². The van der Waals surface area contributed by atoms with Crippen LogP contribution in [0.15, 0.2) is 18.2 Å². The molecule has 0 saturated carbocycles. The Morgan fingerprint density at radius 2 is 2.06 bits per heavy atom. The van der Waals surface area contributed by atoms with Gasteiger partial charge in [-0.2, -0.15) is 0 Å². The number of benzene rings is 1. The van der Waals surface area contributed by atoms with Crippen molar-refractivity contribution < 1.29 is 0 Å². The number of nitrogen functional groups attached to an aromatic ring is 1. The van der Waals surface area contributed by atoms with Gasteiger partial charge >= 0.3 is 0 Å². The Kier molecular flexibility index (Phi) is 3.40. The molecule has 0 atom stereocenters. The number of halogens is 1. The van der Waals surface area contributed by atoms with E-state index in [4.69, 9.17) is 17.3 Å². The molecule has 2 rings (SSSR count). The van der Waals surface area contributed by atoms with E-state index in [2.05, 4.69) is 24.9 Å². The van der Waals surface area contributed by atoms with Gasteiger partial charge in [-0.05, 0) is 30.0 Å². The largest absolute Gasteiger partial charge is 0.375 e. The van der Waals surface area contributed by atoms with Gasteiger partial charge in [0.1, 0.15) is 0 Å². The quantitative estimate of drug-likeness (QED) is 0.871. The maximum atomic E-state index is 6.16. The lowest BCUT2D eigenvalue weighted by Gasteiger charge is -2.06. The Morgan fingerprint density at radius 1 is 1.35 bits per heavy atom. The van der Waals surface area contributed by atoms with Crippen LogP contribution in [-0.2, 0) is 0 Å². The van der Waals surface area contributed by atoms with Gasteiger partial charge in [-0.1, -0.05) is 48.9 Å². The number of nitrogens with zero attached hydrogens (tertiary/aromatic N) is 1. The monoisotopic (exact) mass is 266 g/mol. The molecule has 0 aliphatic rings. The van der Waals surface area contributed by atoms with Crippen molar-refractivity contribution in [2.45, 2.75) is 26.7 Å². The van der Waals surface area contributed by atoms with E-state index in [9.17, 15) is 0 Å². The predicted molar refractivity (Wildman–Crippen MR) is 75.8 cm³/mol. The van der Waals surface area contributed by atoms with Crippen LogP contribution in [0.1, 0.15) is 31.0 Å². The lowest BCUT2D eigenvalue weighted by Crippen LogP contribution is -1.91. The van der Waals surface area contributed by atoms with Crippen molar-refractivity contribution in [3.63, 3.8) is 0 Å². The van der Waals surface area contributed by atoms with Crippen molar-refractivity contribution in [2.75, 3.05) is 5.73 Å². The summed E-state index contributed by atoms with van der Waals surface area (Å²) in [6, 6.07) is 6.08. The first-order valence-corrected chi connectivity index (χ1v) is 6.71. The van der Waals surface area contributed by atoms with Gasteiger partial charge in [0.05, 0.1) is 10.6 Å². The minimum Gasteiger partial charge on any atom is -0.375 e. The lowest BCUT2D eigenvalue weighted by atomic mass is 10.0. The number of thiazole rings is 1. The predicted octanol–water partition coefficient (Wildman–Crippen LogP) is 4.48. The number of nitrogens with two attached hydrogens (primary N) is 1. The highest BCUT2D eigenvalue weighted by Gasteiger charge is 2.15. The van der Waals surface area contributed by atoms with Gasteiger partial charge in [-0.25, -0.2) is 4.98 Å². The first-order chi connectivity index (χ1) is 7.99. The zero-order chi connectivity index (χ0) is 12.6. The van der Waals surface area contributed by atoms with Gasteiger partial charge in [0.2, 0.25) is 0 Å². The van der Waals surface area contributed by atoms with Crippen molar-refractivity contribution in [3.8, 4) is 10.4 Å². The maximum absolute atomic E-state index is 6.16. The minimum atomic E-state index is 0.360. The smallest absolute Gasteiger partial charge is 0.180 e. The standard InChI is InChI=1S/C13H15ClN2S/c1-7(2)11-12(17-13(15)16-11)9-5-4-8(3)10(14)6-9/h4-7H,1-3H3,(H2,15,16). The summed E-state index contributed by atoms with van der Waals surface area (Å²) >= 11 is 7.67. The zero-order valence-corrected chi connectivity index (χ0v) is 11.7. The highest BCUT2D eigenvalue weighted by molar-refractivity contribution is 7.18. The number of rotatable bonds is 2. The third-order valence-electron chi connectivity index (χ3n) is 2.65. The Morgan fingerprint density at radius 3 is 2.65 bits per heavy atom. The van der Waals surface area contributed by atoms with E-state index in [-0.39, 0.29) is 0 Å². The lowest BCUT2D eigenvalue weighted by molar-refractivity contribution is 0.836. The molecule has 0 aliphatic heterocycles. The fourth-order valence-electron chi connectivity index (χ4n) is 1.68. The average Bonchev–Trinajstić information content (AvgIpc) is 2.64. The number of aryl methyl sites for hydroxylation is 1. The molecule has 2 nitrogen and oxygen atoms in total. The van der Waals surface area contributed by atoms with Gasteiger partial charge in [-0.15, -0.1) is 0 Å². The molecule has 0 fully saturated rings. The second-order valence-electron chi connectivity index (χ2n) is 4.39. The van der Waals surface area contributed by atoms with Gasteiger partial charge in [-0.3, -0.25) is 0 Å². The van der Waals surface area contributed by atoms with Gasteiger partial charge < -0.3 is 5.73 Å². The fourth-order valence-corrected chi connectivity index (χ4v) is 2.85. The van der Waals surface area contributed by atoms with Crippen molar-refractivity contribution in [1.29, 1.82) is 0 Å². The molecule has 1 heterocycles. The molecule has 0 bridgehead atoms. The van der Waals surface area contributed by atoms with E-state index < -0.39 is 0 Å². The Balaban J connectivity index is 2.55. The molecule has 2 N–H and O–H groups in total. The molecule has 2 aromatic rings. The average molecular weight is 267 g/mol. The third-order valence-corrected chi connectivity index (χ3v) is 4.01. The molecule has 0 amide bonds. The maximum Gasteiger partial charge on any atom is 0.180 e. The summed E-state index contributed by atoms with van der Waals surface area (Å²) in [7, 11) is 0. The summed E-state index contributed by atoms with van der Waals surface area (Å²) < 4.78 is 0. The summed E-state index contributed by atoms with van der Waals surface area (Å²) in [4.78, 5) is 5.52. The molecule has 0 saturated heterocycles. The molecule has 17 heavy (non-hydrogen) atoms. The zero-order valence-electron chi connectivity index (χ0n) is 10.1. The summed E-state index contributed by atoms with van der Waals surface area (Å²) in [6.45, 7) is 6.23. The van der Waals surface area contributed by atoms with E-state index >= 15 is 0 Å². The van der Waals surface area contributed by atoms with Crippen molar-refractivity contribution >= 4 is 28.1 Å². The number of hydrogen-bond donors (Lipinski definition) is 1. The number of anilines is 1. The van der Waals surface area contributed by atoms with Crippen LogP contribution in [0, 0.1) is 6.92 Å². The second-order valence-corrected chi connectivity index (χ2v) is 5.82. The van der Waals surface area contributed by atoms with Gasteiger partial charge in [0.15, 0.2) is 5.13 Å². The van der Waals surface area contributed by atoms with Gasteiger partial charge in [0, 0.05) is 5.02 Å². The highest BCUT2D eigenvalue weighted by Crippen LogP contribution is 2.37. The Bertz CT molecular complexity index is 546. The second kappa shape index (κ2) is 4.67. The highest BCUT2D eigenvalue weighted by atomic mass is 35.5. The topological polar surface area (TPSA) is 38.9 Å². The number of aromatic nitrogens is 1. The van der Waals surface area contributed by atoms with E-state index in [0.717, 1.165) is 26.7 Å². The molecule has 4 heteroatoms. The molecule has 0 unspecified atom stereocenters.